The predicted octanol–water partition coefficient (Wildman–Crippen LogP) is 4.99. The molecule has 2 heterocycles. The molecule has 0 bridgehead atoms. The van der Waals surface area contributed by atoms with Gasteiger partial charge in [-0.2, -0.15) is 0 Å². The fourth-order valence-corrected chi connectivity index (χ4v) is 6.44. The van der Waals surface area contributed by atoms with Crippen molar-refractivity contribution >= 4 is 17.7 Å². The number of hydrogen-bond acceptors (Lipinski definition) is 4. The van der Waals surface area contributed by atoms with Crippen LogP contribution in [-0.2, 0) is 22.4 Å². The molecular formula is C28H38N2O2S. The van der Waals surface area contributed by atoms with E-state index in [1.807, 2.05) is 12.1 Å². The predicted molar refractivity (Wildman–Crippen MR) is 138 cm³/mol. The molecule has 2 aromatic rings. The van der Waals surface area contributed by atoms with Crippen LogP contribution in [0.25, 0.3) is 0 Å². The van der Waals surface area contributed by atoms with Gasteiger partial charge >= 0.3 is 0 Å². The number of rotatable bonds is 6. The number of nitrogens with zero attached hydrogens (tertiary/aromatic N) is 1. The van der Waals surface area contributed by atoms with E-state index in [0.717, 1.165) is 38.2 Å². The molecule has 0 aliphatic carbocycles. The zero-order valence-electron chi connectivity index (χ0n) is 20.4. The van der Waals surface area contributed by atoms with Gasteiger partial charge in [-0.25, -0.2) is 0 Å². The van der Waals surface area contributed by atoms with E-state index in [4.69, 9.17) is 0 Å². The minimum atomic E-state index is -0.00419. The number of carbonyl (C=O) groups is 1. The number of phenolic OH excluding ortho intramolecular Hbond substituents is 1. The first-order chi connectivity index (χ1) is 15.8. The average Bonchev–Trinajstić information content (AvgIpc) is 2.80. The van der Waals surface area contributed by atoms with Crippen LogP contribution < -0.4 is 5.32 Å². The Hall–Kier alpha value is -1.98. The zero-order chi connectivity index (χ0) is 23.6. The summed E-state index contributed by atoms with van der Waals surface area (Å²) >= 11 is 1.77. The number of likely N-dealkylation sites (tertiary alicyclic amines) is 1. The summed E-state index contributed by atoms with van der Waals surface area (Å²) < 4.78 is 0. The number of piperidine rings is 1. The number of hydrogen-bond donors (Lipinski definition) is 2. The number of aromatic hydroxyl groups is 1. The van der Waals surface area contributed by atoms with Crippen molar-refractivity contribution in [3.05, 3.63) is 65.2 Å². The molecule has 2 aromatic carbocycles. The van der Waals surface area contributed by atoms with Crippen molar-refractivity contribution in [2.45, 2.75) is 63.0 Å². The molecule has 4 nitrogen and oxygen atoms in total. The highest BCUT2D eigenvalue weighted by atomic mass is 32.2. The number of thioether (sulfide) groups is 1. The molecule has 2 aliphatic heterocycles. The minimum Gasteiger partial charge on any atom is -0.508 e. The summed E-state index contributed by atoms with van der Waals surface area (Å²) in [5.74, 6) is 2.28. The summed E-state index contributed by atoms with van der Waals surface area (Å²) in [6.45, 7) is 11.9. The van der Waals surface area contributed by atoms with Crippen LogP contribution in [0.5, 0.6) is 5.75 Å². The maximum Gasteiger partial charge on any atom is 0.233 e. The second kappa shape index (κ2) is 10.1. The Morgan fingerprint density at radius 1 is 1.21 bits per heavy atom. The van der Waals surface area contributed by atoms with Gasteiger partial charge in [-0.15, -0.1) is 11.8 Å². The molecule has 0 saturated carbocycles. The first-order valence-corrected chi connectivity index (χ1v) is 13.3. The van der Waals surface area contributed by atoms with Crippen LogP contribution in [0.2, 0.25) is 0 Å². The summed E-state index contributed by atoms with van der Waals surface area (Å²) in [7, 11) is 0. The maximum atomic E-state index is 13.2. The third-order valence-corrected chi connectivity index (χ3v) is 9.18. The van der Waals surface area contributed by atoms with Gasteiger partial charge in [0, 0.05) is 24.9 Å². The smallest absolute Gasteiger partial charge is 0.233 e. The van der Waals surface area contributed by atoms with E-state index in [1.165, 1.54) is 16.7 Å². The fourth-order valence-electron chi connectivity index (χ4n) is 5.26. The van der Waals surface area contributed by atoms with Crippen molar-refractivity contribution in [3.8, 4) is 5.75 Å². The summed E-state index contributed by atoms with van der Waals surface area (Å²) in [6, 6.07) is 16.4. The monoisotopic (exact) mass is 466 g/mol. The van der Waals surface area contributed by atoms with E-state index < -0.39 is 0 Å². The highest BCUT2D eigenvalue weighted by Crippen LogP contribution is 2.40. The number of phenols is 1. The van der Waals surface area contributed by atoms with Gasteiger partial charge in [0.2, 0.25) is 5.91 Å². The van der Waals surface area contributed by atoms with Crippen LogP contribution in [0, 0.1) is 11.8 Å². The van der Waals surface area contributed by atoms with Crippen molar-refractivity contribution in [2.75, 3.05) is 19.6 Å². The van der Waals surface area contributed by atoms with E-state index in [0.29, 0.717) is 17.6 Å². The number of benzene rings is 2. The van der Waals surface area contributed by atoms with Crippen LogP contribution in [0.4, 0.5) is 0 Å². The van der Waals surface area contributed by atoms with E-state index >= 15 is 0 Å². The molecule has 4 rings (SSSR count). The molecular weight excluding hydrogens is 428 g/mol. The second-order valence-corrected chi connectivity index (χ2v) is 11.7. The van der Waals surface area contributed by atoms with E-state index in [9.17, 15) is 9.90 Å². The minimum absolute atomic E-state index is 0.00419. The molecule has 0 spiro atoms. The van der Waals surface area contributed by atoms with E-state index in [-0.39, 0.29) is 22.6 Å². The maximum absolute atomic E-state index is 13.2. The number of fused-ring (bicyclic) bond motifs is 1. The number of amides is 1. The molecule has 4 atom stereocenters. The van der Waals surface area contributed by atoms with Gasteiger partial charge in [0.1, 0.15) is 5.75 Å². The van der Waals surface area contributed by atoms with Crippen molar-refractivity contribution in [1.82, 2.24) is 10.2 Å². The largest absolute Gasteiger partial charge is 0.508 e. The van der Waals surface area contributed by atoms with E-state index in [1.54, 1.807) is 17.8 Å². The Morgan fingerprint density at radius 2 is 1.97 bits per heavy atom. The van der Waals surface area contributed by atoms with Crippen molar-refractivity contribution in [2.24, 2.45) is 11.8 Å². The van der Waals surface area contributed by atoms with Crippen LogP contribution in [0.1, 0.15) is 50.8 Å². The molecule has 1 saturated heterocycles. The van der Waals surface area contributed by atoms with Crippen LogP contribution in [0.15, 0.2) is 48.5 Å². The molecule has 33 heavy (non-hydrogen) atoms. The third kappa shape index (κ3) is 5.41. The zero-order valence-corrected chi connectivity index (χ0v) is 21.2. The lowest BCUT2D eigenvalue weighted by molar-refractivity contribution is -0.121. The first kappa shape index (κ1) is 24.2. The van der Waals surface area contributed by atoms with Crippen LogP contribution in [-0.4, -0.2) is 46.8 Å². The molecule has 0 radical (unpaired) electrons. The lowest BCUT2D eigenvalue weighted by atomic mass is 9.68. The Morgan fingerprint density at radius 3 is 2.67 bits per heavy atom. The van der Waals surface area contributed by atoms with Gasteiger partial charge in [-0.05, 0) is 65.5 Å². The topological polar surface area (TPSA) is 52.6 Å². The highest BCUT2D eigenvalue weighted by molar-refractivity contribution is 7.99. The third-order valence-electron chi connectivity index (χ3n) is 7.92. The molecule has 1 amide bonds. The summed E-state index contributed by atoms with van der Waals surface area (Å²) in [6.07, 6.45) is 1.87. The Balaban J connectivity index is 1.36. The van der Waals surface area contributed by atoms with Crippen LogP contribution in [0.3, 0.4) is 0 Å². The number of nitrogens with one attached hydrogen (secondary N) is 1. The number of carbonyl (C=O) groups excluding carboxylic acids is 1. The fraction of sp³-hybridized carbons (Fsp3) is 0.536. The van der Waals surface area contributed by atoms with Gasteiger partial charge in [-0.1, -0.05) is 64.1 Å². The van der Waals surface area contributed by atoms with Gasteiger partial charge in [-0.3, -0.25) is 4.79 Å². The van der Waals surface area contributed by atoms with Gasteiger partial charge < -0.3 is 15.3 Å². The molecule has 0 unspecified atom stereocenters. The first-order valence-electron chi connectivity index (χ1n) is 12.3. The molecule has 2 N–H and O–H groups in total. The lowest BCUT2D eigenvalue weighted by Crippen LogP contribution is -2.54. The van der Waals surface area contributed by atoms with Crippen molar-refractivity contribution in [1.29, 1.82) is 0 Å². The Kier molecular flexibility index (Phi) is 7.40. The molecule has 5 heteroatoms. The summed E-state index contributed by atoms with van der Waals surface area (Å²) in [4.78, 5) is 15.7. The Bertz CT molecular complexity index is 978. The molecule has 0 aromatic heterocycles. The second-order valence-electron chi connectivity index (χ2n) is 10.5. The molecule has 178 valence electrons. The standard InChI is InChI=1S/C28H38N2O2S/c1-19(2)25(29-27(32)26-14-21-8-5-6-9-22(21)18-33-26)17-30-13-12-28(4,20(3)16-30)23-10-7-11-24(31)15-23/h5-11,15,19-20,25-26,31H,12-14,16-18H2,1-4H3,(H,29,32)/t20-,25+,26+,28+/m0/s1. The van der Waals surface area contributed by atoms with Crippen molar-refractivity contribution < 1.29 is 9.90 Å². The normalized spacial score (nSPS) is 26.6. The average molecular weight is 467 g/mol. The van der Waals surface area contributed by atoms with Gasteiger partial charge in [0.15, 0.2) is 0 Å². The summed E-state index contributed by atoms with van der Waals surface area (Å²) in [5.41, 5.74) is 3.95. The quantitative estimate of drug-likeness (QED) is 0.630. The highest BCUT2D eigenvalue weighted by Gasteiger charge is 2.39. The van der Waals surface area contributed by atoms with Gasteiger partial charge in [0.05, 0.1) is 5.25 Å². The molecule has 2 aliphatic rings. The Labute approximate surface area is 203 Å². The molecule has 1 fully saturated rings. The van der Waals surface area contributed by atoms with Gasteiger partial charge in [0.25, 0.3) is 0 Å². The van der Waals surface area contributed by atoms with Crippen molar-refractivity contribution in [3.63, 3.8) is 0 Å². The van der Waals surface area contributed by atoms with E-state index in [2.05, 4.69) is 68.2 Å². The lowest BCUT2D eigenvalue weighted by Gasteiger charge is -2.46. The summed E-state index contributed by atoms with van der Waals surface area (Å²) in [5, 5.41) is 13.4. The SMILES string of the molecule is CC(C)[C@@H](CN1CC[C@@](C)(c2cccc(O)c2)[C@@H](C)C1)NC(=O)[C@H]1Cc2ccccc2CS1. The van der Waals surface area contributed by atoms with Crippen LogP contribution >= 0.6 is 11.8 Å².